The van der Waals surface area contributed by atoms with Crippen LogP contribution in [0.2, 0.25) is 0 Å². The Morgan fingerprint density at radius 2 is 1.82 bits per heavy atom. The van der Waals surface area contributed by atoms with Crippen LogP contribution in [0, 0.1) is 0 Å². The molecule has 1 fully saturated rings. The van der Waals surface area contributed by atoms with Gasteiger partial charge in [0.05, 0.1) is 20.1 Å². The maximum atomic E-state index is 12.5. The molecule has 1 aliphatic heterocycles. The molecule has 1 unspecified atom stereocenters. The molecule has 0 N–H and O–H groups in total. The van der Waals surface area contributed by atoms with Gasteiger partial charge in [0, 0.05) is 25.1 Å². The predicted molar refractivity (Wildman–Crippen MR) is 114 cm³/mol. The minimum absolute atomic E-state index is 0.0149. The summed E-state index contributed by atoms with van der Waals surface area (Å²) in [6.45, 7) is 0.957. The molecule has 1 aromatic heterocycles. The van der Waals surface area contributed by atoms with Crippen LogP contribution in [0.15, 0.2) is 47.0 Å². The van der Waals surface area contributed by atoms with Crippen LogP contribution in [0.3, 0.4) is 0 Å². The lowest BCUT2D eigenvalue weighted by atomic mass is 10.1. The van der Waals surface area contributed by atoms with Crippen molar-refractivity contribution in [2.45, 2.75) is 25.1 Å². The van der Waals surface area contributed by atoms with E-state index in [0.29, 0.717) is 42.5 Å². The molecular formula is C23H22F3N3O5. The molecule has 2 aromatic carbocycles. The van der Waals surface area contributed by atoms with E-state index in [1.807, 2.05) is 18.2 Å². The van der Waals surface area contributed by atoms with Crippen LogP contribution in [-0.4, -0.2) is 54.6 Å². The van der Waals surface area contributed by atoms with Gasteiger partial charge in [-0.1, -0.05) is 11.2 Å². The van der Waals surface area contributed by atoms with Gasteiger partial charge in [0.15, 0.2) is 11.5 Å². The van der Waals surface area contributed by atoms with Crippen LogP contribution in [0.4, 0.5) is 13.2 Å². The highest BCUT2D eigenvalue weighted by Gasteiger charge is 2.34. The van der Waals surface area contributed by atoms with Gasteiger partial charge in [-0.3, -0.25) is 4.79 Å². The Morgan fingerprint density at radius 1 is 1.09 bits per heavy atom. The molecule has 1 saturated heterocycles. The SMILES string of the molecule is COc1ccc(CCN2CC(c3nc(-c4ccc(OC(F)(F)F)cc4)no3)CC2=O)cc1OC. The second-order valence-electron chi connectivity index (χ2n) is 7.71. The van der Waals surface area contributed by atoms with Gasteiger partial charge in [-0.05, 0) is 48.4 Å². The second-order valence-corrected chi connectivity index (χ2v) is 7.71. The topological polar surface area (TPSA) is 86.9 Å². The standard InChI is InChI=1S/C23H22F3N3O5/c1-31-18-8-3-14(11-19(18)32-2)9-10-29-13-16(12-20(29)30)22-27-21(28-34-22)15-4-6-17(7-5-15)33-23(24,25)26/h3-8,11,16H,9-10,12-13H2,1-2H3. The molecule has 1 amide bonds. The highest BCUT2D eigenvalue weighted by atomic mass is 19.4. The summed E-state index contributed by atoms with van der Waals surface area (Å²) in [4.78, 5) is 18.6. The summed E-state index contributed by atoms with van der Waals surface area (Å²) in [7, 11) is 3.14. The van der Waals surface area contributed by atoms with Crippen molar-refractivity contribution in [3.8, 4) is 28.6 Å². The fourth-order valence-corrected chi connectivity index (χ4v) is 3.78. The van der Waals surface area contributed by atoms with Crippen molar-refractivity contribution in [1.29, 1.82) is 0 Å². The van der Waals surface area contributed by atoms with Crippen LogP contribution >= 0.6 is 0 Å². The number of rotatable bonds is 8. The van der Waals surface area contributed by atoms with Crippen molar-refractivity contribution >= 4 is 5.91 Å². The largest absolute Gasteiger partial charge is 0.573 e. The van der Waals surface area contributed by atoms with E-state index in [1.165, 1.54) is 24.3 Å². The summed E-state index contributed by atoms with van der Waals surface area (Å²) in [5, 5.41) is 3.91. The van der Waals surface area contributed by atoms with Gasteiger partial charge in [-0.25, -0.2) is 0 Å². The van der Waals surface area contributed by atoms with E-state index in [2.05, 4.69) is 14.9 Å². The Balaban J connectivity index is 1.37. The van der Waals surface area contributed by atoms with Crippen LogP contribution in [0.1, 0.15) is 23.8 Å². The Morgan fingerprint density at radius 3 is 2.50 bits per heavy atom. The lowest BCUT2D eigenvalue weighted by Gasteiger charge is -2.16. The van der Waals surface area contributed by atoms with E-state index in [-0.39, 0.29) is 29.8 Å². The van der Waals surface area contributed by atoms with Crippen LogP contribution < -0.4 is 14.2 Å². The van der Waals surface area contributed by atoms with Crippen molar-refractivity contribution in [1.82, 2.24) is 15.0 Å². The average molecular weight is 477 g/mol. The highest BCUT2D eigenvalue weighted by molar-refractivity contribution is 5.79. The number of benzene rings is 2. The van der Waals surface area contributed by atoms with Gasteiger partial charge in [-0.2, -0.15) is 4.98 Å². The number of amides is 1. The molecular weight excluding hydrogens is 455 g/mol. The Kier molecular flexibility index (Phi) is 6.62. The normalized spacial score (nSPS) is 16.1. The third-order valence-electron chi connectivity index (χ3n) is 5.47. The third-order valence-corrected chi connectivity index (χ3v) is 5.47. The number of hydrogen-bond acceptors (Lipinski definition) is 7. The molecule has 8 nitrogen and oxygen atoms in total. The van der Waals surface area contributed by atoms with E-state index in [1.54, 1.807) is 19.1 Å². The first kappa shape index (κ1) is 23.4. The summed E-state index contributed by atoms with van der Waals surface area (Å²) < 4.78 is 56.7. The molecule has 0 aliphatic carbocycles. The Labute approximate surface area is 193 Å². The third kappa shape index (κ3) is 5.41. The monoisotopic (exact) mass is 477 g/mol. The minimum atomic E-state index is -4.76. The maximum absolute atomic E-state index is 12.5. The van der Waals surface area contributed by atoms with Crippen molar-refractivity contribution < 1.29 is 36.7 Å². The van der Waals surface area contributed by atoms with Gasteiger partial charge in [0.25, 0.3) is 0 Å². The van der Waals surface area contributed by atoms with Crippen molar-refractivity contribution in [3.05, 3.63) is 53.9 Å². The van der Waals surface area contributed by atoms with Crippen molar-refractivity contribution in [2.24, 2.45) is 0 Å². The Hall–Kier alpha value is -3.76. The lowest BCUT2D eigenvalue weighted by molar-refractivity contribution is -0.274. The van der Waals surface area contributed by atoms with E-state index in [9.17, 15) is 18.0 Å². The minimum Gasteiger partial charge on any atom is -0.493 e. The number of hydrogen-bond donors (Lipinski definition) is 0. The van der Waals surface area contributed by atoms with Crippen LogP contribution in [-0.2, 0) is 11.2 Å². The predicted octanol–water partition coefficient (Wildman–Crippen LogP) is 4.21. The van der Waals surface area contributed by atoms with Crippen LogP contribution in [0.5, 0.6) is 17.2 Å². The van der Waals surface area contributed by atoms with Crippen LogP contribution in [0.25, 0.3) is 11.4 Å². The number of halogens is 3. The smallest absolute Gasteiger partial charge is 0.493 e. The van der Waals surface area contributed by atoms with E-state index in [0.717, 1.165) is 5.56 Å². The number of nitrogens with zero attached hydrogens (tertiary/aromatic N) is 3. The summed E-state index contributed by atoms with van der Waals surface area (Å²) in [6.07, 6.45) is -3.88. The lowest BCUT2D eigenvalue weighted by Crippen LogP contribution is -2.27. The first-order valence-electron chi connectivity index (χ1n) is 10.4. The zero-order valence-corrected chi connectivity index (χ0v) is 18.5. The van der Waals surface area contributed by atoms with E-state index < -0.39 is 6.36 Å². The molecule has 180 valence electrons. The van der Waals surface area contributed by atoms with Crippen molar-refractivity contribution in [3.63, 3.8) is 0 Å². The Bertz CT molecular complexity index is 1150. The zero-order valence-electron chi connectivity index (χ0n) is 18.5. The number of ether oxygens (including phenoxy) is 3. The molecule has 1 aliphatic rings. The second kappa shape index (κ2) is 9.62. The van der Waals surface area contributed by atoms with Crippen molar-refractivity contribution in [2.75, 3.05) is 27.3 Å². The number of likely N-dealkylation sites (tertiary alicyclic amines) is 1. The fourth-order valence-electron chi connectivity index (χ4n) is 3.78. The maximum Gasteiger partial charge on any atom is 0.573 e. The summed E-state index contributed by atoms with van der Waals surface area (Å²) in [5.74, 6) is 1.19. The number of carbonyl (C=O) groups excluding carboxylic acids is 1. The number of methoxy groups -OCH3 is 2. The number of aromatic nitrogens is 2. The molecule has 0 radical (unpaired) electrons. The van der Waals surface area contributed by atoms with Gasteiger partial charge < -0.3 is 23.6 Å². The first-order valence-corrected chi connectivity index (χ1v) is 10.4. The summed E-state index contributed by atoms with van der Waals surface area (Å²) in [6, 6.07) is 10.8. The molecule has 2 heterocycles. The first-order chi connectivity index (χ1) is 16.3. The molecule has 0 spiro atoms. The highest BCUT2D eigenvalue weighted by Crippen LogP contribution is 2.31. The molecule has 1 atom stereocenters. The molecule has 11 heteroatoms. The molecule has 34 heavy (non-hydrogen) atoms. The van der Waals surface area contributed by atoms with Gasteiger partial charge in [0.1, 0.15) is 5.75 Å². The summed E-state index contributed by atoms with van der Waals surface area (Å²) in [5.41, 5.74) is 1.48. The number of carbonyl (C=O) groups is 1. The fraction of sp³-hybridized carbons (Fsp3) is 0.348. The molecule has 0 saturated carbocycles. The quantitative estimate of drug-likeness (QED) is 0.480. The molecule has 4 rings (SSSR count). The summed E-state index contributed by atoms with van der Waals surface area (Å²) >= 11 is 0. The van der Waals surface area contributed by atoms with Gasteiger partial charge in [-0.15, -0.1) is 13.2 Å². The van der Waals surface area contributed by atoms with E-state index >= 15 is 0 Å². The number of alkyl halides is 3. The van der Waals surface area contributed by atoms with Gasteiger partial charge >= 0.3 is 6.36 Å². The van der Waals surface area contributed by atoms with Gasteiger partial charge in [0.2, 0.25) is 17.6 Å². The molecule has 0 bridgehead atoms. The zero-order chi connectivity index (χ0) is 24.3. The van der Waals surface area contributed by atoms with E-state index in [4.69, 9.17) is 14.0 Å². The average Bonchev–Trinajstić information content (AvgIpc) is 3.44. The molecule has 3 aromatic rings.